The largest absolute Gasteiger partial charge is 0.493 e. The van der Waals surface area contributed by atoms with Crippen molar-refractivity contribution in [1.29, 1.82) is 5.26 Å². The monoisotopic (exact) mass is 565 g/mol. The Hall–Kier alpha value is -3.84. The number of halogens is 1. The molecule has 0 spiro atoms. The summed E-state index contributed by atoms with van der Waals surface area (Å²) in [5.74, 6) is 0.553. The van der Waals surface area contributed by atoms with Gasteiger partial charge in [0.2, 0.25) is 0 Å². The van der Waals surface area contributed by atoms with Gasteiger partial charge in [-0.25, -0.2) is 9.78 Å². The Morgan fingerprint density at radius 1 is 1.24 bits per heavy atom. The van der Waals surface area contributed by atoms with Crippen molar-refractivity contribution in [3.05, 3.63) is 86.2 Å². The number of hydrogen-bond donors (Lipinski definition) is 2. The number of rotatable bonds is 7. The second kappa shape index (κ2) is 9.97. The second-order valence-corrected chi connectivity index (χ2v) is 8.77. The van der Waals surface area contributed by atoms with Gasteiger partial charge in [-0.3, -0.25) is 0 Å². The van der Waals surface area contributed by atoms with E-state index in [0.717, 1.165) is 31.3 Å². The highest BCUT2D eigenvalue weighted by Crippen LogP contribution is 2.35. The van der Waals surface area contributed by atoms with Gasteiger partial charge in [-0.1, -0.05) is 18.2 Å². The van der Waals surface area contributed by atoms with Gasteiger partial charge in [0.25, 0.3) is 0 Å². The number of imidazole rings is 1. The van der Waals surface area contributed by atoms with Crippen LogP contribution in [0.4, 0.5) is 0 Å². The zero-order valence-electron chi connectivity index (χ0n) is 18.4. The first-order valence-electron chi connectivity index (χ1n) is 10.3. The van der Waals surface area contributed by atoms with Gasteiger partial charge in [0.1, 0.15) is 18.5 Å². The fourth-order valence-corrected chi connectivity index (χ4v) is 4.27. The molecule has 170 valence electrons. The highest BCUT2D eigenvalue weighted by atomic mass is 127. The molecule has 0 radical (unpaired) electrons. The Balaban J connectivity index is 1.62. The van der Waals surface area contributed by atoms with E-state index in [1.165, 1.54) is 6.07 Å². The number of hydrogen-bond acceptors (Lipinski definition) is 5. The lowest BCUT2D eigenvalue weighted by Crippen LogP contribution is -2.02. The van der Waals surface area contributed by atoms with Crippen molar-refractivity contribution < 1.29 is 19.4 Å². The molecular formula is C26H20IN3O4. The van der Waals surface area contributed by atoms with Crippen molar-refractivity contribution in [2.45, 2.75) is 13.5 Å². The Labute approximate surface area is 209 Å². The third kappa shape index (κ3) is 5.05. The van der Waals surface area contributed by atoms with Crippen LogP contribution in [0.2, 0.25) is 0 Å². The minimum atomic E-state index is -0.988. The number of nitriles is 1. The van der Waals surface area contributed by atoms with Crippen molar-refractivity contribution in [2.75, 3.05) is 7.11 Å². The summed E-state index contributed by atoms with van der Waals surface area (Å²) in [6.07, 6.45) is 1.75. The molecule has 0 atom stereocenters. The predicted octanol–water partition coefficient (Wildman–Crippen LogP) is 5.83. The summed E-state index contributed by atoms with van der Waals surface area (Å²) in [4.78, 5) is 19.0. The van der Waals surface area contributed by atoms with Crippen LogP contribution in [0.5, 0.6) is 11.5 Å². The maximum Gasteiger partial charge on any atom is 0.335 e. The number of H-pyrrole nitrogens is 1. The summed E-state index contributed by atoms with van der Waals surface area (Å²) < 4.78 is 12.3. The lowest BCUT2D eigenvalue weighted by molar-refractivity contribution is 0.0696. The number of aromatic amines is 1. The van der Waals surface area contributed by atoms with Crippen molar-refractivity contribution in [3.63, 3.8) is 0 Å². The molecule has 0 aliphatic heterocycles. The number of carboxylic acid groups (broad SMARTS) is 1. The average Bonchev–Trinajstić information content (AvgIpc) is 3.24. The van der Waals surface area contributed by atoms with E-state index in [1.54, 1.807) is 37.5 Å². The fraction of sp³-hybridized carbons (Fsp3) is 0.115. The molecule has 8 heteroatoms. The SMILES string of the molecule is COc1cc(/C=C(/C#N)c2nc3ccc(C)cc3[nH]2)cc(I)c1OCc1cccc(C(=O)O)c1. The maximum absolute atomic E-state index is 11.2. The number of ether oxygens (including phenoxy) is 2. The number of benzene rings is 3. The minimum absolute atomic E-state index is 0.185. The van der Waals surface area contributed by atoms with Gasteiger partial charge in [0, 0.05) is 0 Å². The zero-order chi connectivity index (χ0) is 24.2. The van der Waals surface area contributed by atoms with E-state index in [9.17, 15) is 15.2 Å². The summed E-state index contributed by atoms with van der Waals surface area (Å²) >= 11 is 2.15. The number of aromatic nitrogens is 2. The molecule has 4 rings (SSSR count). The molecule has 0 saturated heterocycles. The van der Waals surface area contributed by atoms with Gasteiger partial charge in [0.15, 0.2) is 11.5 Å². The quantitative estimate of drug-likeness (QED) is 0.216. The van der Waals surface area contributed by atoms with Crippen LogP contribution in [0.3, 0.4) is 0 Å². The number of aromatic carboxylic acids is 1. The molecule has 1 aromatic heterocycles. The first-order valence-corrected chi connectivity index (χ1v) is 11.4. The molecule has 7 nitrogen and oxygen atoms in total. The van der Waals surface area contributed by atoms with Gasteiger partial charge in [-0.15, -0.1) is 0 Å². The van der Waals surface area contributed by atoms with E-state index in [2.05, 4.69) is 38.6 Å². The van der Waals surface area contributed by atoms with Crippen molar-refractivity contribution in [1.82, 2.24) is 9.97 Å². The molecule has 1 heterocycles. The van der Waals surface area contributed by atoms with E-state index >= 15 is 0 Å². The molecule has 0 bridgehead atoms. The predicted molar refractivity (Wildman–Crippen MR) is 138 cm³/mol. The van der Waals surface area contributed by atoms with Crippen LogP contribution < -0.4 is 9.47 Å². The smallest absolute Gasteiger partial charge is 0.335 e. The molecule has 0 saturated carbocycles. The number of fused-ring (bicyclic) bond motifs is 1. The van der Waals surface area contributed by atoms with Gasteiger partial charge in [-0.2, -0.15) is 5.26 Å². The number of aryl methyl sites for hydroxylation is 1. The van der Waals surface area contributed by atoms with Crippen LogP contribution in [0.25, 0.3) is 22.7 Å². The van der Waals surface area contributed by atoms with Crippen molar-refractivity contribution in [3.8, 4) is 17.6 Å². The highest BCUT2D eigenvalue weighted by molar-refractivity contribution is 14.1. The zero-order valence-corrected chi connectivity index (χ0v) is 20.6. The number of methoxy groups -OCH3 is 1. The molecule has 0 amide bonds. The van der Waals surface area contributed by atoms with Gasteiger partial charge in [-0.05, 0) is 88.7 Å². The van der Waals surface area contributed by atoms with Crippen LogP contribution >= 0.6 is 22.6 Å². The van der Waals surface area contributed by atoms with E-state index in [0.29, 0.717) is 22.9 Å². The summed E-state index contributed by atoms with van der Waals surface area (Å²) in [6.45, 7) is 2.19. The lowest BCUT2D eigenvalue weighted by Gasteiger charge is -2.14. The molecule has 0 aliphatic carbocycles. The van der Waals surface area contributed by atoms with Gasteiger partial charge >= 0.3 is 5.97 Å². The molecule has 0 aliphatic rings. The summed E-state index contributed by atoms with van der Waals surface area (Å²) in [6, 6.07) is 18.4. The molecule has 0 unspecified atom stereocenters. The topological polar surface area (TPSA) is 108 Å². The maximum atomic E-state index is 11.2. The number of carbonyl (C=O) groups is 1. The number of nitrogens with zero attached hydrogens (tertiary/aromatic N) is 2. The van der Waals surface area contributed by atoms with E-state index < -0.39 is 5.97 Å². The molecule has 3 aromatic carbocycles. The lowest BCUT2D eigenvalue weighted by atomic mass is 10.1. The van der Waals surface area contributed by atoms with E-state index in [-0.39, 0.29) is 12.2 Å². The molecular weight excluding hydrogens is 545 g/mol. The first-order chi connectivity index (χ1) is 16.4. The Kier molecular flexibility index (Phi) is 6.84. The summed E-state index contributed by atoms with van der Waals surface area (Å²) in [5.41, 5.74) is 4.86. The normalized spacial score (nSPS) is 11.3. The highest BCUT2D eigenvalue weighted by Gasteiger charge is 2.14. The first kappa shape index (κ1) is 23.3. The second-order valence-electron chi connectivity index (χ2n) is 7.60. The Morgan fingerprint density at radius 2 is 2.06 bits per heavy atom. The standard InChI is InChI=1S/C26H20IN3O4/c1-15-6-7-21-22(8-15)30-25(29-21)19(13-28)10-17-11-20(27)24(23(12-17)33-2)34-14-16-4-3-5-18(9-16)26(31)32/h3-12H,14H2,1-2H3,(H,29,30)(H,31,32)/b19-10-. The third-order valence-corrected chi connectivity index (χ3v) is 5.93. The van der Waals surface area contributed by atoms with Crippen LogP contribution in [0.15, 0.2) is 54.6 Å². The van der Waals surface area contributed by atoms with Crippen LogP contribution in [-0.4, -0.2) is 28.2 Å². The van der Waals surface area contributed by atoms with E-state index in [1.807, 2.05) is 31.2 Å². The van der Waals surface area contributed by atoms with E-state index in [4.69, 9.17) is 9.47 Å². The average molecular weight is 565 g/mol. The number of carboxylic acids is 1. The molecule has 2 N–H and O–H groups in total. The molecule has 0 fully saturated rings. The van der Waals surface area contributed by atoms with Crippen molar-refractivity contribution in [2.24, 2.45) is 0 Å². The van der Waals surface area contributed by atoms with Crippen LogP contribution in [0, 0.1) is 21.8 Å². The minimum Gasteiger partial charge on any atom is -0.493 e. The Bertz CT molecular complexity index is 1470. The van der Waals surface area contributed by atoms with Crippen molar-refractivity contribution >= 4 is 51.2 Å². The van der Waals surface area contributed by atoms with Crippen LogP contribution in [0.1, 0.15) is 32.9 Å². The van der Waals surface area contributed by atoms with Gasteiger partial charge < -0.3 is 19.6 Å². The third-order valence-electron chi connectivity index (χ3n) is 5.13. The molecule has 4 aromatic rings. The number of nitrogens with one attached hydrogen (secondary N) is 1. The van der Waals surface area contributed by atoms with Gasteiger partial charge in [0.05, 0.1) is 32.8 Å². The summed E-state index contributed by atoms with van der Waals surface area (Å²) in [7, 11) is 1.55. The number of allylic oxidation sites excluding steroid dienone is 1. The Morgan fingerprint density at radius 3 is 2.79 bits per heavy atom. The van der Waals surface area contributed by atoms with Crippen LogP contribution in [-0.2, 0) is 6.61 Å². The summed E-state index contributed by atoms with van der Waals surface area (Å²) in [5, 5.41) is 18.9. The molecule has 34 heavy (non-hydrogen) atoms. The fourth-order valence-electron chi connectivity index (χ4n) is 3.48.